The van der Waals surface area contributed by atoms with E-state index in [1.807, 2.05) is 12.1 Å². The van der Waals surface area contributed by atoms with Crippen LogP contribution in [-0.4, -0.2) is 58.7 Å². The van der Waals surface area contributed by atoms with E-state index >= 15 is 0 Å². The number of aliphatic hydroxyl groups excluding tert-OH is 1. The molecule has 0 amide bonds. The van der Waals surface area contributed by atoms with E-state index in [0.29, 0.717) is 6.04 Å². The normalized spacial score (nSPS) is 23.4. The molecule has 4 heteroatoms. The molecule has 0 bridgehead atoms. The molecule has 1 N–H and O–H groups in total. The van der Waals surface area contributed by atoms with Crippen LogP contribution in [-0.2, 0) is 0 Å². The second kappa shape index (κ2) is 6.98. The van der Waals surface area contributed by atoms with Crippen molar-refractivity contribution in [2.24, 2.45) is 0 Å². The minimum Gasteiger partial charge on any atom is -0.394 e. The van der Waals surface area contributed by atoms with Crippen LogP contribution in [0.1, 0.15) is 31.9 Å². The Morgan fingerprint density at radius 1 is 1.37 bits per heavy atom. The Morgan fingerprint density at radius 3 is 2.68 bits per heavy atom. The Morgan fingerprint density at radius 2 is 2.11 bits per heavy atom. The van der Waals surface area contributed by atoms with Gasteiger partial charge in [0.25, 0.3) is 0 Å². The average Bonchev–Trinajstić information content (AvgIpc) is 2.43. The summed E-state index contributed by atoms with van der Waals surface area (Å²) in [6, 6.07) is 4.59. The van der Waals surface area contributed by atoms with Gasteiger partial charge in [-0.15, -0.1) is 0 Å². The fourth-order valence-electron chi connectivity index (χ4n) is 3.02. The van der Waals surface area contributed by atoms with Crippen molar-refractivity contribution >= 4 is 0 Å². The maximum absolute atomic E-state index is 9.74. The Labute approximate surface area is 116 Å². The zero-order valence-corrected chi connectivity index (χ0v) is 12.0. The third kappa shape index (κ3) is 3.53. The Hall–Kier alpha value is -0.970. The Bertz CT molecular complexity index is 371. The van der Waals surface area contributed by atoms with Gasteiger partial charge in [0.1, 0.15) is 0 Å². The van der Waals surface area contributed by atoms with Crippen LogP contribution in [0, 0.1) is 0 Å². The second-order valence-electron chi connectivity index (χ2n) is 5.37. The van der Waals surface area contributed by atoms with Crippen molar-refractivity contribution in [3.05, 3.63) is 30.1 Å². The largest absolute Gasteiger partial charge is 0.394 e. The molecule has 2 heterocycles. The van der Waals surface area contributed by atoms with E-state index < -0.39 is 0 Å². The van der Waals surface area contributed by atoms with E-state index in [1.165, 1.54) is 13.0 Å². The van der Waals surface area contributed by atoms with Crippen LogP contribution in [0.2, 0.25) is 0 Å². The third-order valence-corrected chi connectivity index (χ3v) is 3.97. The van der Waals surface area contributed by atoms with Gasteiger partial charge < -0.3 is 10.0 Å². The maximum Gasteiger partial charge on any atom is 0.0628 e. The van der Waals surface area contributed by atoms with Crippen molar-refractivity contribution in [3.63, 3.8) is 0 Å². The Balaban J connectivity index is 2.04. The van der Waals surface area contributed by atoms with Crippen LogP contribution in [0.5, 0.6) is 0 Å². The molecule has 19 heavy (non-hydrogen) atoms. The highest BCUT2D eigenvalue weighted by Gasteiger charge is 2.29. The topological polar surface area (TPSA) is 39.6 Å². The van der Waals surface area contributed by atoms with E-state index in [1.54, 1.807) is 12.4 Å². The smallest absolute Gasteiger partial charge is 0.0628 e. The summed E-state index contributed by atoms with van der Waals surface area (Å²) in [6.07, 6.45) is 4.81. The molecule has 2 rings (SSSR count). The summed E-state index contributed by atoms with van der Waals surface area (Å²) in [7, 11) is 0. The summed E-state index contributed by atoms with van der Waals surface area (Å²) in [5.74, 6) is 0. The Kier molecular flexibility index (Phi) is 5.31. The lowest BCUT2D eigenvalue weighted by Gasteiger charge is -2.43. The number of piperazine rings is 1. The molecule has 1 aromatic heterocycles. The van der Waals surface area contributed by atoms with Gasteiger partial charge in [-0.3, -0.25) is 9.88 Å². The molecule has 1 saturated heterocycles. The zero-order chi connectivity index (χ0) is 13.7. The predicted molar refractivity (Wildman–Crippen MR) is 77.0 cm³/mol. The van der Waals surface area contributed by atoms with Crippen molar-refractivity contribution in [1.29, 1.82) is 0 Å². The quantitative estimate of drug-likeness (QED) is 0.874. The highest BCUT2D eigenvalue weighted by Crippen LogP contribution is 2.24. The summed E-state index contributed by atoms with van der Waals surface area (Å²) in [5.41, 5.74) is 1.16. The molecule has 1 fully saturated rings. The van der Waals surface area contributed by atoms with Gasteiger partial charge in [0, 0.05) is 38.1 Å². The number of nitrogens with zero attached hydrogens (tertiary/aromatic N) is 3. The van der Waals surface area contributed by atoms with Crippen molar-refractivity contribution < 1.29 is 5.11 Å². The van der Waals surface area contributed by atoms with Gasteiger partial charge in [0.2, 0.25) is 0 Å². The number of hydrogen-bond acceptors (Lipinski definition) is 4. The van der Waals surface area contributed by atoms with Gasteiger partial charge in [0.15, 0.2) is 0 Å². The molecule has 0 aromatic carbocycles. The van der Waals surface area contributed by atoms with Crippen molar-refractivity contribution in [2.75, 3.05) is 32.8 Å². The van der Waals surface area contributed by atoms with Crippen LogP contribution in [0.4, 0.5) is 0 Å². The van der Waals surface area contributed by atoms with Crippen LogP contribution in [0.25, 0.3) is 0 Å². The number of hydrogen-bond donors (Lipinski definition) is 1. The molecule has 106 valence electrons. The number of aromatic nitrogens is 1. The van der Waals surface area contributed by atoms with Crippen LogP contribution in [0.15, 0.2) is 24.5 Å². The van der Waals surface area contributed by atoms with Crippen LogP contribution >= 0.6 is 0 Å². The van der Waals surface area contributed by atoms with E-state index in [-0.39, 0.29) is 12.6 Å². The van der Waals surface area contributed by atoms with E-state index in [9.17, 15) is 5.11 Å². The molecular formula is C15H25N3O. The lowest BCUT2D eigenvalue weighted by molar-refractivity contribution is 0.0252. The first-order valence-corrected chi connectivity index (χ1v) is 7.25. The molecule has 2 atom stereocenters. The van der Waals surface area contributed by atoms with Crippen molar-refractivity contribution in [1.82, 2.24) is 14.8 Å². The minimum atomic E-state index is 0.0989. The molecule has 0 aliphatic carbocycles. The molecule has 2 unspecified atom stereocenters. The van der Waals surface area contributed by atoms with Gasteiger partial charge in [-0.05, 0) is 37.6 Å². The highest BCUT2D eigenvalue weighted by atomic mass is 16.3. The minimum absolute atomic E-state index is 0.0989. The first-order valence-electron chi connectivity index (χ1n) is 7.25. The van der Waals surface area contributed by atoms with E-state index in [2.05, 4.69) is 28.6 Å². The van der Waals surface area contributed by atoms with Gasteiger partial charge in [-0.1, -0.05) is 6.92 Å². The summed E-state index contributed by atoms with van der Waals surface area (Å²) < 4.78 is 0. The predicted octanol–water partition coefficient (Wildman–Crippen LogP) is 1.53. The maximum atomic E-state index is 9.74. The molecule has 1 aliphatic rings. The van der Waals surface area contributed by atoms with E-state index in [4.69, 9.17) is 0 Å². The van der Waals surface area contributed by atoms with Gasteiger partial charge in [-0.25, -0.2) is 0 Å². The van der Waals surface area contributed by atoms with Gasteiger partial charge >= 0.3 is 0 Å². The SMILES string of the molecule is CCCN1CCN(C(CO)c2ccncc2)C(C)C1. The highest BCUT2D eigenvalue weighted by molar-refractivity contribution is 5.16. The first-order chi connectivity index (χ1) is 9.26. The lowest BCUT2D eigenvalue weighted by Crippen LogP contribution is -2.53. The molecule has 0 saturated carbocycles. The molecule has 0 spiro atoms. The van der Waals surface area contributed by atoms with Crippen LogP contribution in [0.3, 0.4) is 0 Å². The first kappa shape index (κ1) is 14.4. The summed E-state index contributed by atoms with van der Waals surface area (Å²) >= 11 is 0. The zero-order valence-electron chi connectivity index (χ0n) is 12.0. The molecule has 1 aromatic rings. The van der Waals surface area contributed by atoms with Crippen molar-refractivity contribution in [3.8, 4) is 0 Å². The van der Waals surface area contributed by atoms with Crippen LogP contribution < -0.4 is 0 Å². The van der Waals surface area contributed by atoms with Gasteiger partial charge in [-0.2, -0.15) is 0 Å². The summed E-state index contributed by atoms with van der Waals surface area (Å²) in [4.78, 5) is 8.99. The standard InChI is InChI=1S/C15H25N3O/c1-3-8-17-9-10-18(13(2)11-17)15(12-19)14-4-6-16-7-5-14/h4-7,13,15,19H,3,8-12H2,1-2H3. The fraction of sp³-hybridized carbons (Fsp3) is 0.667. The molecular weight excluding hydrogens is 238 g/mol. The van der Waals surface area contributed by atoms with E-state index in [0.717, 1.165) is 25.2 Å². The van der Waals surface area contributed by atoms with Gasteiger partial charge in [0.05, 0.1) is 12.6 Å². The summed E-state index contributed by atoms with van der Waals surface area (Å²) in [5, 5.41) is 9.74. The molecule has 1 aliphatic heterocycles. The average molecular weight is 263 g/mol. The second-order valence-corrected chi connectivity index (χ2v) is 5.37. The molecule has 4 nitrogen and oxygen atoms in total. The number of pyridine rings is 1. The number of aliphatic hydroxyl groups is 1. The summed E-state index contributed by atoms with van der Waals surface area (Å²) in [6.45, 7) is 9.04. The fourth-order valence-corrected chi connectivity index (χ4v) is 3.02. The molecule has 0 radical (unpaired) electrons. The van der Waals surface area contributed by atoms with Crippen molar-refractivity contribution in [2.45, 2.75) is 32.4 Å². The number of rotatable bonds is 5. The monoisotopic (exact) mass is 263 g/mol. The lowest BCUT2D eigenvalue weighted by atomic mass is 10.0. The third-order valence-electron chi connectivity index (χ3n) is 3.97.